The Balaban J connectivity index is 2.07. The number of hydrazone groups is 1. The average molecular weight is 360 g/mol. The molecule has 0 fully saturated rings. The van der Waals surface area contributed by atoms with E-state index < -0.39 is 16.1 Å². The molecule has 11 heteroatoms. The van der Waals surface area contributed by atoms with Gasteiger partial charge < -0.3 is 4.74 Å². The molecule has 1 aliphatic heterocycles. The van der Waals surface area contributed by atoms with Crippen LogP contribution in [-0.4, -0.2) is 32.7 Å². The molecule has 0 radical (unpaired) electrons. The summed E-state index contributed by atoms with van der Waals surface area (Å²) in [5.74, 6) is 0.232. The molecule has 2 amide bonds. The topological polar surface area (TPSA) is 112 Å². The SMILES string of the molecule is COC1=NN(NC(=O)NS(=O)(=O)c2ccccc2Cl)NC(C)=C1. The third-order valence-corrected chi connectivity index (χ3v) is 4.42. The lowest BCUT2D eigenvalue weighted by Crippen LogP contribution is -2.53. The first-order valence-corrected chi connectivity index (χ1v) is 8.13. The van der Waals surface area contributed by atoms with Gasteiger partial charge in [0.25, 0.3) is 10.0 Å². The highest BCUT2D eigenvalue weighted by Crippen LogP contribution is 2.19. The number of rotatable bonds is 3. The second kappa shape index (κ2) is 6.75. The lowest BCUT2D eigenvalue weighted by Gasteiger charge is -2.24. The van der Waals surface area contributed by atoms with Gasteiger partial charge >= 0.3 is 6.03 Å². The molecule has 0 saturated heterocycles. The number of ether oxygens (including phenoxy) is 1. The van der Waals surface area contributed by atoms with Gasteiger partial charge in [0.1, 0.15) is 4.90 Å². The van der Waals surface area contributed by atoms with Gasteiger partial charge in [0.05, 0.1) is 12.1 Å². The number of amides is 2. The molecule has 1 heterocycles. The Morgan fingerprint density at radius 3 is 2.74 bits per heavy atom. The van der Waals surface area contributed by atoms with Crippen LogP contribution in [-0.2, 0) is 14.8 Å². The number of hydrogen-bond donors (Lipinski definition) is 3. The van der Waals surface area contributed by atoms with E-state index in [9.17, 15) is 13.2 Å². The predicted molar refractivity (Wildman–Crippen MR) is 83.5 cm³/mol. The smallest absolute Gasteiger partial charge is 0.350 e. The van der Waals surface area contributed by atoms with Crippen LogP contribution < -0.4 is 15.6 Å². The summed E-state index contributed by atoms with van der Waals surface area (Å²) in [5, 5.41) is 4.78. The van der Waals surface area contributed by atoms with Crippen LogP contribution in [0.4, 0.5) is 4.79 Å². The van der Waals surface area contributed by atoms with Crippen molar-refractivity contribution < 1.29 is 17.9 Å². The highest BCUT2D eigenvalue weighted by atomic mass is 35.5. The second-order valence-corrected chi connectivity index (χ2v) is 6.43. The molecule has 0 aromatic heterocycles. The van der Waals surface area contributed by atoms with Gasteiger partial charge in [-0.25, -0.2) is 23.4 Å². The molecule has 0 aliphatic carbocycles. The number of benzene rings is 1. The maximum atomic E-state index is 12.1. The van der Waals surface area contributed by atoms with Gasteiger partial charge in [0, 0.05) is 11.8 Å². The van der Waals surface area contributed by atoms with Crippen LogP contribution >= 0.6 is 11.6 Å². The van der Waals surface area contributed by atoms with Crippen molar-refractivity contribution in [2.75, 3.05) is 7.11 Å². The van der Waals surface area contributed by atoms with Crippen molar-refractivity contribution in [2.45, 2.75) is 11.8 Å². The normalized spacial score (nSPS) is 14.3. The van der Waals surface area contributed by atoms with E-state index in [0.717, 1.165) is 5.23 Å². The third kappa shape index (κ3) is 4.27. The fraction of sp³-hybridized carbons (Fsp3) is 0.167. The molecular formula is C12H14ClN5O4S. The third-order valence-electron chi connectivity index (χ3n) is 2.59. The van der Waals surface area contributed by atoms with Crippen LogP contribution in [0.15, 0.2) is 46.0 Å². The van der Waals surface area contributed by atoms with Gasteiger partial charge in [-0.05, 0) is 19.1 Å². The highest BCUT2D eigenvalue weighted by molar-refractivity contribution is 7.90. The Bertz CT molecular complexity index is 777. The van der Waals surface area contributed by atoms with Crippen molar-refractivity contribution >= 4 is 33.6 Å². The minimum absolute atomic E-state index is 0.00219. The van der Waals surface area contributed by atoms with E-state index in [1.54, 1.807) is 19.1 Å². The van der Waals surface area contributed by atoms with E-state index in [0.29, 0.717) is 5.70 Å². The first-order valence-electron chi connectivity index (χ1n) is 6.27. The largest absolute Gasteiger partial charge is 0.480 e. The molecular weight excluding hydrogens is 346 g/mol. The molecule has 0 atom stereocenters. The summed E-state index contributed by atoms with van der Waals surface area (Å²) in [4.78, 5) is 11.6. The van der Waals surface area contributed by atoms with E-state index in [-0.39, 0.29) is 15.8 Å². The maximum Gasteiger partial charge on any atom is 0.350 e. The number of carbonyl (C=O) groups excluding carboxylic acids is 1. The summed E-state index contributed by atoms with van der Waals surface area (Å²) in [6.07, 6.45) is 1.59. The molecule has 1 aliphatic rings. The van der Waals surface area contributed by atoms with Gasteiger partial charge in [-0.1, -0.05) is 28.8 Å². The lowest BCUT2D eigenvalue weighted by molar-refractivity contribution is 0.138. The number of nitrogens with one attached hydrogen (secondary N) is 3. The Morgan fingerprint density at radius 1 is 1.39 bits per heavy atom. The van der Waals surface area contributed by atoms with E-state index in [1.807, 2.05) is 4.72 Å². The first-order chi connectivity index (χ1) is 10.8. The van der Waals surface area contributed by atoms with Gasteiger partial charge in [-0.2, -0.15) is 0 Å². The molecule has 1 aromatic carbocycles. The summed E-state index contributed by atoms with van der Waals surface area (Å²) in [6, 6.07) is 4.74. The maximum absolute atomic E-state index is 12.1. The van der Waals surface area contributed by atoms with Gasteiger partial charge in [0.2, 0.25) is 5.90 Å². The van der Waals surface area contributed by atoms with Crippen molar-refractivity contribution in [2.24, 2.45) is 5.10 Å². The minimum Gasteiger partial charge on any atom is -0.480 e. The van der Waals surface area contributed by atoms with Gasteiger partial charge in [0.15, 0.2) is 0 Å². The summed E-state index contributed by atoms with van der Waals surface area (Å²) in [5.41, 5.74) is 5.51. The minimum atomic E-state index is -4.12. The Kier molecular flexibility index (Phi) is 4.96. The van der Waals surface area contributed by atoms with E-state index in [1.165, 1.54) is 25.3 Å². The second-order valence-electron chi connectivity index (χ2n) is 4.37. The van der Waals surface area contributed by atoms with E-state index >= 15 is 0 Å². The number of hydrogen-bond acceptors (Lipinski definition) is 7. The predicted octanol–water partition coefficient (Wildman–Crippen LogP) is 0.927. The summed E-state index contributed by atoms with van der Waals surface area (Å²) >= 11 is 5.82. The van der Waals surface area contributed by atoms with Crippen LogP contribution in [0, 0.1) is 0 Å². The number of halogens is 1. The number of carbonyl (C=O) groups is 1. The van der Waals surface area contributed by atoms with Gasteiger partial charge in [-0.15, -0.1) is 5.23 Å². The van der Waals surface area contributed by atoms with Crippen LogP contribution in [0.2, 0.25) is 5.02 Å². The van der Waals surface area contributed by atoms with Gasteiger partial charge in [-0.3, -0.25) is 5.43 Å². The van der Waals surface area contributed by atoms with Crippen LogP contribution in [0.5, 0.6) is 0 Å². The van der Waals surface area contributed by atoms with Crippen molar-refractivity contribution in [3.05, 3.63) is 41.1 Å². The molecule has 0 bridgehead atoms. The number of methoxy groups -OCH3 is 1. The number of nitrogens with zero attached hydrogens (tertiary/aromatic N) is 2. The number of allylic oxidation sites excluding steroid dienone is 1. The lowest BCUT2D eigenvalue weighted by atomic mass is 10.4. The van der Waals surface area contributed by atoms with E-state index in [2.05, 4.69) is 16.0 Å². The molecule has 0 saturated carbocycles. The number of urea groups is 1. The van der Waals surface area contributed by atoms with Crippen LogP contribution in [0.1, 0.15) is 6.92 Å². The Morgan fingerprint density at radius 2 is 2.09 bits per heavy atom. The summed E-state index contributed by atoms with van der Waals surface area (Å²) < 4.78 is 31.0. The molecule has 0 spiro atoms. The molecule has 124 valence electrons. The summed E-state index contributed by atoms with van der Waals surface area (Å²) in [6.45, 7) is 1.71. The quantitative estimate of drug-likeness (QED) is 0.740. The van der Waals surface area contributed by atoms with Crippen molar-refractivity contribution in [1.29, 1.82) is 0 Å². The molecule has 3 N–H and O–H groups in total. The Labute approximate surface area is 137 Å². The van der Waals surface area contributed by atoms with Crippen LogP contribution in [0.25, 0.3) is 0 Å². The molecule has 9 nitrogen and oxygen atoms in total. The zero-order valence-electron chi connectivity index (χ0n) is 12.2. The molecule has 0 unspecified atom stereocenters. The Hall–Kier alpha value is -2.46. The highest BCUT2D eigenvalue weighted by Gasteiger charge is 2.22. The van der Waals surface area contributed by atoms with Crippen molar-refractivity contribution in [1.82, 2.24) is 20.8 Å². The number of hydrazine groups is 2. The summed E-state index contributed by atoms with van der Waals surface area (Å²) in [7, 11) is -2.71. The molecule has 23 heavy (non-hydrogen) atoms. The monoisotopic (exact) mass is 359 g/mol. The van der Waals surface area contributed by atoms with Crippen molar-refractivity contribution in [3.8, 4) is 0 Å². The zero-order chi connectivity index (χ0) is 17.0. The fourth-order valence-electron chi connectivity index (χ4n) is 1.65. The molecule has 1 aromatic rings. The number of sulfonamides is 1. The van der Waals surface area contributed by atoms with E-state index in [4.69, 9.17) is 16.3 Å². The van der Waals surface area contributed by atoms with Crippen LogP contribution in [0.3, 0.4) is 0 Å². The zero-order valence-corrected chi connectivity index (χ0v) is 13.8. The fourth-order valence-corrected chi connectivity index (χ4v) is 3.07. The first kappa shape index (κ1) is 16.9. The molecule has 2 rings (SSSR count). The van der Waals surface area contributed by atoms with Crippen molar-refractivity contribution in [3.63, 3.8) is 0 Å². The average Bonchev–Trinajstić information content (AvgIpc) is 2.46. The standard InChI is InChI=1S/C12H14ClN5O4S/c1-8-7-11(22-2)15-18(14-8)16-12(19)17-23(20,21)10-6-4-3-5-9(10)13/h3-7,14H,1-2H3,(H2,16,17,19).